The van der Waals surface area contributed by atoms with Crippen molar-refractivity contribution in [2.24, 2.45) is 0 Å². The van der Waals surface area contributed by atoms with Crippen LogP contribution in [0.15, 0.2) is 39.5 Å². The van der Waals surface area contributed by atoms with E-state index in [-0.39, 0.29) is 5.63 Å². The van der Waals surface area contributed by atoms with Gasteiger partial charge in [0.1, 0.15) is 5.58 Å². The molecule has 0 radical (unpaired) electrons. The monoisotopic (exact) mass is 258 g/mol. The summed E-state index contributed by atoms with van der Waals surface area (Å²) in [6.45, 7) is 1.90. The van der Waals surface area contributed by atoms with E-state index >= 15 is 0 Å². The first-order valence-corrected chi connectivity index (χ1v) is 5.86. The maximum atomic E-state index is 10.9. The molecule has 6 nitrogen and oxygen atoms in total. The fraction of sp³-hybridized carbons (Fsp3) is 0.100. The summed E-state index contributed by atoms with van der Waals surface area (Å²) in [5.41, 5.74) is 1.33. The van der Waals surface area contributed by atoms with E-state index in [0.29, 0.717) is 5.58 Å². The first kappa shape index (κ1) is 13.4. The minimum atomic E-state index is -4.67. The van der Waals surface area contributed by atoms with Crippen molar-refractivity contribution in [2.45, 2.75) is 6.92 Å². The van der Waals surface area contributed by atoms with E-state index in [2.05, 4.69) is 0 Å². The number of hydrogen-bond acceptors (Lipinski definition) is 4. The predicted molar refractivity (Wildman–Crippen MR) is 61.4 cm³/mol. The summed E-state index contributed by atoms with van der Waals surface area (Å²) >= 11 is 0. The Morgan fingerprint density at radius 3 is 2.29 bits per heavy atom. The summed E-state index contributed by atoms with van der Waals surface area (Å²) in [6, 6.07) is 9.01. The fourth-order valence-corrected chi connectivity index (χ4v) is 1.27. The summed E-state index contributed by atoms with van der Waals surface area (Å²) in [6.07, 6.45) is 0. The van der Waals surface area contributed by atoms with Gasteiger partial charge in [-0.15, -0.1) is 0 Å². The second kappa shape index (κ2) is 5.09. The lowest BCUT2D eigenvalue weighted by Gasteiger charge is -1.97. The first-order chi connectivity index (χ1) is 7.77. The van der Waals surface area contributed by atoms with E-state index in [1.54, 1.807) is 6.07 Å². The molecule has 17 heavy (non-hydrogen) atoms. The third kappa shape index (κ3) is 4.77. The zero-order valence-electron chi connectivity index (χ0n) is 8.82. The van der Waals surface area contributed by atoms with Crippen LogP contribution in [0.25, 0.3) is 11.0 Å². The van der Waals surface area contributed by atoms with Gasteiger partial charge in [-0.2, -0.15) is 8.42 Å². The van der Waals surface area contributed by atoms with Gasteiger partial charge in [-0.05, 0) is 18.6 Å². The fourth-order valence-electron chi connectivity index (χ4n) is 1.27. The number of hydrogen-bond donors (Lipinski definition) is 2. The highest BCUT2D eigenvalue weighted by Gasteiger charge is 1.98. The number of aryl methyl sites for hydroxylation is 1. The average molecular weight is 258 g/mol. The summed E-state index contributed by atoms with van der Waals surface area (Å²) in [4.78, 5) is 10.9. The van der Waals surface area contributed by atoms with Gasteiger partial charge in [0.25, 0.3) is 0 Å². The molecule has 0 aliphatic carbocycles. The van der Waals surface area contributed by atoms with E-state index < -0.39 is 10.4 Å². The molecule has 0 aliphatic rings. The van der Waals surface area contributed by atoms with Crippen molar-refractivity contribution >= 4 is 21.4 Å². The first-order valence-electron chi connectivity index (χ1n) is 4.47. The quantitative estimate of drug-likeness (QED) is 0.547. The topological polar surface area (TPSA) is 105 Å². The van der Waals surface area contributed by atoms with Crippen molar-refractivity contribution in [3.63, 3.8) is 0 Å². The standard InChI is InChI=1S/C10H8O2.H2O4S/c1-7-6-10(11)12-9-5-3-2-4-8(7)9;1-5(2,3)4/h2-6H,1H3;(H2,1,2,3,4). The van der Waals surface area contributed by atoms with Crippen LogP contribution >= 0.6 is 0 Å². The molecule has 2 N–H and O–H groups in total. The molecule has 0 bridgehead atoms. The van der Waals surface area contributed by atoms with Gasteiger partial charge >= 0.3 is 16.0 Å². The molecule has 1 heterocycles. The van der Waals surface area contributed by atoms with Gasteiger partial charge in [0.05, 0.1) is 0 Å². The molecule has 2 aromatic rings. The number of fused-ring (bicyclic) bond motifs is 1. The maximum absolute atomic E-state index is 10.9. The zero-order valence-corrected chi connectivity index (χ0v) is 9.64. The second-order valence-corrected chi connectivity index (χ2v) is 4.09. The Morgan fingerprint density at radius 1 is 1.18 bits per heavy atom. The normalized spacial score (nSPS) is 10.8. The molecule has 7 heteroatoms. The van der Waals surface area contributed by atoms with Gasteiger partial charge in [0.15, 0.2) is 0 Å². The number of para-hydroxylation sites is 1. The van der Waals surface area contributed by atoms with Crippen molar-refractivity contribution in [3.05, 3.63) is 46.3 Å². The van der Waals surface area contributed by atoms with Crippen LogP contribution in [0, 0.1) is 6.92 Å². The minimum Gasteiger partial charge on any atom is -0.423 e. The van der Waals surface area contributed by atoms with Gasteiger partial charge in [0, 0.05) is 11.5 Å². The van der Waals surface area contributed by atoms with E-state index in [4.69, 9.17) is 21.9 Å². The van der Waals surface area contributed by atoms with Crippen molar-refractivity contribution in [1.82, 2.24) is 0 Å². The highest BCUT2D eigenvalue weighted by molar-refractivity contribution is 7.79. The van der Waals surface area contributed by atoms with Crippen molar-refractivity contribution in [2.75, 3.05) is 0 Å². The molecule has 0 unspecified atom stereocenters. The largest absolute Gasteiger partial charge is 0.423 e. The van der Waals surface area contributed by atoms with E-state index in [1.807, 2.05) is 25.1 Å². The number of rotatable bonds is 0. The number of benzene rings is 1. The summed E-state index contributed by atoms with van der Waals surface area (Å²) < 4.78 is 36.6. The molecule has 0 saturated carbocycles. The highest BCUT2D eigenvalue weighted by Crippen LogP contribution is 2.14. The summed E-state index contributed by atoms with van der Waals surface area (Å²) in [5.74, 6) is 0. The Bertz CT molecular complexity index is 663. The highest BCUT2D eigenvalue weighted by atomic mass is 32.3. The van der Waals surface area contributed by atoms with Crippen LogP contribution in [-0.4, -0.2) is 17.5 Å². The maximum Gasteiger partial charge on any atom is 0.394 e. The Hall–Kier alpha value is -1.70. The lowest BCUT2D eigenvalue weighted by atomic mass is 10.1. The summed E-state index contributed by atoms with van der Waals surface area (Å²) in [7, 11) is -4.67. The van der Waals surface area contributed by atoms with Crippen molar-refractivity contribution in [3.8, 4) is 0 Å². The van der Waals surface area contributed by atoms with Gasteiger partial charge < -0.3 is 4.42 Å². The average Bonchev–Trinajstić information content (AvgIpc) is 2.14. The van der Waals surface area contributed by atoms with Crippen molar-refractivity contribution < 1.29 is 21.9 Å². The van der Waals surface area contributed by atoms with Crippen LogP contribution in [0.3, 0.4) is 0 Å². The molecule has 0 aliphatic heterocycles. The molecular formula is C10H10O6S. The predicted octanol–water partition coefficient (Wildman–Crippen LogP) is 1.45. The van der Waals surface area contributed by atoms with E-state index in [1.165, 1.54) is 6.07 Å². The molecule has 1 aromatic heterocycles. The van der Waals surface area contributed by atoms with Gasteiger partial charge in [-0.25, -0.2) is 4.79 Å². The molecule has 92 valence electrons. The molecule has 0 atom stereocenters. The van der Waals surface area contributed by atoms with Gasteiger partial charge in [-0.1, -0.05) is 18.2 Å². The van der Waals surface area contributed by atoms with Crippen LogP contribution < -0.4 is 5.63 Å². The summed E-state index contributed by atoms with van der Waals surface area (Å²) in [5, 5.41) is 0.997. The van der Waals surface area contributed by atoms with Crippen LogP contribution in [0.1, 0.15) is 5.56 Å². The molecule has 1 aromatic carbocycles. The van der Waals surface area contributed by atoms with Crippen molar-refractivity contribution in [1.29, 1.82) is 0 Å². The molecule has 2 rings (SSSR count). The van der Waals surface area contributed by atoms with Gasteiger partial charge in [-0.3, -0.25) is 9.11 Å². The van der Waals surface area contributed by atoms with E-state index in [9.17, 15) is 4.79 Å². The van der Waals surface area contributed by atoms with E-state index in [0.717, 1.165) is 10.9 Å². The Morgan fingerprint density at radius 2 is 1.71 bits per heavy atom. The Labute approximate surface area is 97.1 Å². The molecule has 0 spiro atoms. The SMILES string of the molecule is Cc1cc(=O)oc2ccccc12.O=S(=O)(O)O. The molecule has 0 fully saturated rings. The minimum absolute atomic E-state index is 0.286. The third-order valence-corrected chi connectivity index (χ3v) is 1.86. The van der Waals surface area contributed by atoms with Crippen LogP contribution in [-0.2, 0) is 10.4 Å². The molecule has 0 amide bonds. The smallest absolute Gasteiger partial charge is 0.394 e. The molecule has 0 saturated heterocycles. The third-order valence-electron chi connectivity index (χ3n) is 1.86. The van der Waals surface area contributed by atoms with Gasteiger partial charge in [0.2, 0.25) is 0 Å². The van der Waals surface area contributed by atoms with Crippen LogP contribution in [0.2, 0.25) is 0 Å². The second-order valence-electron chi connectivity index (χ2n) is 3.19. The zero-order chi connectivity index (χ0) is 13.1. The van der Waals surface area contributed by atoms with Crippen LogP contribution in [0.4, 0.5) is 0 Å². The molecular weight excluding hydrogens is 248 g/mol. The Balaban J connectivity index is 0.000000249. The Kier molecular flexibility index (Phi) is 4.00. The lowest BCUT2D eigenvalue weighted by molar-refractivity contribution is 0.381. The van der Waals surface area contributed by atoms with Crippen LogP contribution in [0.5, 0.6) is 0 Å². The lowest BCUT2D eigenvalue weighted by Crippen LogP contribution is -1.97.